The second-order valence-corrected chi connectivity index (χ2v) is 7.69. The van der Waals surface area contributed by atoms with E-state index >= 15 is 0 Å². The molecule has 2 aromatic carbocycles. The van der Waals surface area contributed by atoms with Crippen molar-refractivity contribution in [2.24, 2.45) is 0 Å². The van der Waals surface area contributed by atoms with Gasteiger partial charge in [0.25, 0.3) is 5.69 Å². The first-order valence-corrected chi connectivity index (χ1v) is 9.76. The van der Waals surface area contributed by atoms with Crippen LogP contribution in [0.2, 0.25) is 5.02 Å². The normalized spacial score (nSPS) is 10.9. The predicted molar refractivity (Wildman–Crippen MR) is 109 cm³/mol. The molecule has 0 aliphatic heterocycles. The van der Waals surface area contributed by atoms with Gasteiger partial charge < -0.3 is 4.74 Å². The van der Waals surface area contributed by atoms with Crippen molar-refractivity contribution in [2.45, 2.75) is 26.4 Å². The van der Waals surface area contributed by atoms with Gasteiger partial charge in [-0.15, -0.1) is 11.3 Å². The highest BCUT2D eigenvalue weighted by Crippen LogP contribution is 2.27. The third kappa shape index (κ3) is 4.55. The van der Waals surface area contributed by atoms with Gasteiger partial charge in [0.2, 0.25) is 0 Å². The highest BCUT2D eigenvalue weighted by Gasteiger charge is 2.17. The molecule has 0 saturated heterocycles. The van der Waals surface area contributed by atoms with Gasteiger partial charge >= 0.3 is 5.97 Å². The number of esters is 1. The van der Waals surface area contributed by atoms with Gasteiger partial charge in [0, 0.05) is 17.0 Å². The van der Waals surface area contributed by atoms with Crippen molar-refractivity contribution < 1.29 is 14.5 Å². The summed E-state index contributed by atoms with van der Waals surface area (Å²) in [6.07, 6.45) is 0. The van der Waals surface area contributed by atoms with Crippen LogP contribution in [0.1, 0.15) is 41.4 Å². The van der Waals surface area contributed by atoms with E-state index in [2.05, 4.69) is 31.0 Å². The molecule has 3 aromatic rings. The van der Waals surface area contributed by atoms with Crippen molar-refractivity contribution in [3.63, 3.8) is 0 Å². The number of nitro groups is 1. The topological polar surface area (TPSA) is 82.3 Å². The summed E-state index contributed by atoms with van der Waals surface area (Å²) in [5, 5.41) is 13.6. The van der Waals surface area contributed by atoms with E-state index in [0.717, 1.165) is 16.6 Å². The summed E-state index contributed by atoms with van der Waals surface area (Å²) in [6.45, 7) is 4.26. The van der Waals surface area contributed by atoms with E-state index in [1.54, 1.807) is 0 Å². The number of benzene rings is 2. The SMILES string of the molecule is CC(C)c1ccc(-c2nc(COC(=O)c3ccc(Cl)c([N+](=O)[O-])c3)cs2)cc1. The van der Waals surface area contributed by atoms with Crippen molar-refractivity contribution in [2.75, 3.05) is 0 Å². The summed E-state index contributed by atoms with van der Waals surface area (Å²) in [5.74, 6) is -0.209. The fourth-order valence-corrected chi connectivity index (χ4v) is 3.52. The molecule has 0 aliphatic rings. The Balaban J connectivity index is 1.66. The monoisotopic (exact) mass is 416 g/mol. The van der Waals surface area contributed by atoms with Gasteiger partial charge in [-0.1, -0.05) is 49.7 Å². The summed E-state index contributed by atoms with van der Waals surface area (Å²) in [7, 11) is 0. The van der Waals surface area contributed by atoms with Crippen molar-refractivity contribution in [1.82, 2.24) is 4.98 Å². The highest BCUT2D eigenvalue weighted by atomic mass is 35.5. The van der Waals surface area contributed by atoms with Crippen LogP contribution in [-0.2, 0) is 11.3 Å². The van der Waals surface area contributed by atoms with E-state index in [0.29, 0.717) is 11.6 Å². The quantitative estimate of drug-likeness (QED) is 0.286. The third-order valence-corrected chi connectivity index (χ3v) is 5.37. The molecule has 3 rings (SSSR count). The maximum Gasteiger partial charge on any atom is 0.338 e. The Morgan fingerprint density at radius 1 is 1.25 bits per heavy atom. The number of ether oxygens (including phenoxy) is 1. The van der Waals surface area contributed by atoms with E-state index in [9.17, 15) is 14.9 Å². The number of carbonyl (C=O) groups excluding carboxylic acids is 1. The molecule has 0 spiro atoms. The number of nitro benzene ring substituents is 1. The standard InChI is InChI=1S/C20H17ClN2O4S/c1-12(2)13-3-5-14(6-4-13)19-22-16(11-28-19)10-27-20(24)15-7-8-17(21)18(9-15)23(25)26/h3-9,11-12H,10H2,1-2H3. The van der Waals surface area contributed by atoms with Gasteiger partial charge in [-0.25, -0.2) is 9.78 Å². The van der Waals surface area contributed by atoms with Crippen molar-refractivity contribution >= 4 is 34.6 Å². The van der Waals surface area contributed by atoms with Gasteiger partial charge in [-0.05, 0) is 23.6 Å². The molecular formula is C20H17ClN2O4S. The highest BCUT2D eigenvalue weighted by molar-refractivity contribution is 7.13. The minimum Gasteiger partial charge on any atom is -0.456 e. The van der Waals surface area contributed by atoms with Gasteiger partial charge in [-0.3, -0.25) is 10.1 Å². The minimum atomic E-state index is -0.671. The number of hydrogen-bond donors (Lipinski definition) is 0. The van der Waals surface area contributed by atoms with E-state index in [4.69, 9.17) is 16.3 Å². The van der Waals surface area contributed by atoms with E-state index in [-0.39, 0.29) is 22.9 Å². The van der Waals surface area contributed by atoms with Crippen LogP contribution in [-0.4, -0.2) is 15.9 Å². The largest absolute Gasteiger partial charge is 0.456 e. The van der Waals surface area contributed by atoms with E-state index in [1.807, 2.05) is 17.5 Å². The number of nitrogens with zero attached hydrogens (tertiary/aromatic N) is 2. The fraction of sp³-hybridized carbons (Fsp3) is 0.200. The van der Waals surface area contributed by atoms with Crippen LogP contribution >= 0.6 is 22.9 Å². The van der Waals surface area contributed by atoms with Gasteiger partial charge in [0.1, 0.15) is 16.6 Å². The Bertz CT molecular complexity index is 1020. The third-order valence-electron chi connectivity index (χ3n) is 4.11. The summed E-state index contributed by atoms with van der Waals surface area (Å²) in [4.78, 5) is 27.0. The number of thiazole rings is 1. The predicted octanol–water partition coefficient (Wildman–Crippen LogP) is 5.85. The maximum atomic E-state index is 12.2. The summed E-state index contributed by atoms with van der Waals surface area (Å²) < 4.78 is 5.23. The molecule has 8 heteroatoms. The minimum absolute atomic E-state index is 0.0180. The first-order valence-electron chi connectivity index (χ1n) is 8.51. The molecule has 144 valence electrons. The van der Waals surface area contributed by atoms with Crippen LogP contribution in [0.5, 0.6) is 0 Å². The molecule has 6 nitrogen and oxygen atoms in total. The van der Waals surface area contributed by atoms with Crippen molar-refractivity contribution in [3.05, 3.63) is 79.8 Å². The zero-order chi connectivity index (χ0) is 20.3. The molecule has 0 saturated carbocycles. The van der Waals surface area contributed by atoms with Gasteiger partial charge in [-0.2, -0.15) is 0 Å². The Hall–Kier alpha value is -2.77. The molecule has 0 unspecified atom stereocenters. The zero-order valence-electron chi connectivity index (χ0n) is 15.2. The second-order valence-electron chi connectivity index (χ2n) is 6.42. The van der Waals surface area contributed by atoms with Gasteiger partial charge in [0.15, 0.2) is 0 Å². The summed E-state index contributed by atoms with van der Waals surface area (Å²) >= 11 is 7.22. The van der Waals surface area contributed by atoms with Crippen LogP contribution in [0.15, 0.2) is 47.8 Å². The van der Waals surface area contributed by atoms with E-state index in [1.165, 1.54) is 29.0 Å². The maximum absolute atomic E-state index is 12.2. The second kappa shape index (κ2) is 8.50. The number of hydrogen-bond acceptors (Lipinski definition) is 6. The van der Waals surface area contributed by atoms with Crippen LogP contribution in [0, 0.1) is 10.1 Å². The molecule has 0 aliphatic carbocycles. The first kappa shape index (κ1) is 20.0. The molecule has 28 heavy (non-hydrogen) atoms. The number of carbonyl (C=O) groups is 1. The summed E-state index contributed by atoms with van der Waals surface area (Å²) in [6, 6.07) is 12.0. The number of aromatic nitrogens is 1. The van der Waals surface area contributed by atoms with Crippen molar-refractivity contribution in [3.8, 4) is 10.6 Å². The smallest absolute Gasteiger partial charge is 0.338 e. The van der Waals surface area contributed by atoms with Gasteiger partial charge in [0.05, 0.1) is 16.2 Å². The molecular weight excluding hydrogens is 400 g/mol. The fourth-order valence-electron chi connectivity index (χ4n) is 2.52. The lowest BCUT2D eigenvalue weighted by molar-refractivity contribution is -0.384. The average molecular weight is 417 g/mol. The first-order chi connectivity index (χ1) is 13.3. The zero-order valence-corrected chi connectivity index (χ0v) is 16.8. The Morgan fingerprint density at radius 2 is 1.96 bits per heavy atom. The Morgan fingerprint density at radius 3 is 2.61 bits per heavy atom. The van der Waals surface area contributed by atoms with Crippen molar-refractivity contribution in [1.29, 1.82) is 0 Å². The Kier molecular flexibility index (Phi) is 6.06. The lowest BCUT2D eigenvalue weighted by Gasteiger charge is -2.05. The Labute approximate surface area is 170 Å². The van der Waals surface area contributed by atoms with Crippen LogP contribution in [0.25, 0.3) is 10.6 Å². The molecule has 0 radical (unpaired) electrons. The average Bonchev–Trinajstić information content (AvgIpc) is 3.15. The molecule has 0 fully saturated rings. The summed E-state index contributed by atoms with van der Waals surface area (Å²) in [5.41, 5.74) is 2.60. The molecule has 1 aromatic heterocycles. The molecule has 0 bridgehead atoms. The molecule has 0 N–H and O–H groups in total. The lowest BCUT2D eigenvalue weighted by atomic mass is 10.0. The number of rotatable bonds is 6. The van der Waals surface area contributed by atoms with Crippen LogP contribution in [0.4, 0.5) is 5.69 Å². The van der Waals surface area contributed by atoms with Crippen LogP contribution < -0.4 is 0 Å². The van der Waals surface area contributed by atoms with Crippen LogP contribution in [0.3, 0.4) is 0 Å². The molecule has 0 atom stereocenters. The molecule has 1 heterocycles. The molecule has 0 amide bonds. The number of halogens is 1. The lowest BCUT2D eigenvalue weighted by Crippen LogP contribution is -2.06. The van der Waals surface area contributed by atoms with E-state index < -0.39 is 10.9 Å².